The Kier molecular flexibility index (Phi) is 6.12. The average molecular weight is 744 g/mol. The van der Waals surface area contributed by atoms with Crippen LogP contribution in [0.4, 0.5) is 0 Å². The van der Waals surface area contributed by atoms with Crippen molar-refractivity contribution in [3.63, 3.8) is 0 Å². The fourth-order valence-corrected chi connectivity index (χ4v) is 11.3. The molecule has 3 aromatic heterocycles. The topological polar surface area (TPSA) is 30.7 Å². The first kappa shape index (κ1) is 31.3. The number of fused-ring (bicyclic) bond motifs is 18. The molecule has 0 radical (unpaired) electrons. The number of benzene rings is 9. The van der Waals surface area contributed by atoms with Gasteiger partial charge in [-0.2, -0.15) is 0 Å². The van der Waals surface area contributed by atoms with Gasteiger partial charge in [0.05, 0.1) is 22.4 Å². The average Bonchev–Trinajstić information content (AvgIpc) is 3.89. The number of aromatic nitrogens is 3. The van der Waals surface area contributed by atoms with Crippen LogP contribution in [0, 0.1) is 0 Å². The molecule has 0 N–H and O–H groups in total. The minimum Gasteiger partial charge on any atom is -0.292 e. The van der Waals surface area contributed by atoms with E-state index < -0.39 is 0 Å². The highest BCUT2D eigenvalue weighted by Gasteiger charge is 2.40. The molecule has 12 aromatic rings. The molecule has 0 fully saturated rings. The Hall–Kier alpha value is -6.88. The van der Waals surface area contributed by atoms with Crippen LogP contribution in [0.25, 0.3) is 113 Å². The molecule has 3 heterocycles. The Labute approximate surface area is 332 Å². The lowest BCUT2D eigenvalue weighted by molar-refractivity contribution is 0.635. The molecule has 0 spiro atoms. The van der Waals surface area contributed by atoms with Crippen molar-refractivity contribution < 1.29 is 0 Å². The molecule has 0 atom stereocenters. The van der Waals surface area contributed by atoms with Crippen molar-refractivity contribution in [2.45, 2.75) is 19.3 Å². The van der Waals surface area contributed by atoms with Crippen molar-refractivity contribution in [3.05, 3.63) is 175 Å². The zero-order valence-electron chi connectivity index (χ0n) is 31.3. The van der Waals surface area contributed by atoms with Crippen LogP contribution in [0.15, 0.2) is 164 Å². The molecule has 0 unspecified atom stereocenters. The Balaban J connectivity index is 1.27. The smallest absolute Gasteiger partial charge is 0.165 e. The maximum atomic E-state index is 5.86. The predicted octanol–water partition coefficient (Wildman–Crippen LogP) is 14.5. The number of rotatable bonds is 2. The van der Waals surface area contributed by atoms with Crippen LogP contribution >= 0.6 is 11.3 Å². The molecule has 266 valence electrons. The molecule has 0 aliphatic heterocycles. The van der Waals surface area contributed by atoms with Crippen molar-refractivity contribution >= 4 is 96.4 Å². The lowest BCUT2D eigenvalue weighted by Crippen LogP contribution is -2.18. The maximum absolute atomic E-state index is 5.86. The van der Waals surface area contributed by atoms with Crippen LogP contribution in [0.5, 0.6) is 0 Å². The monoisotopic (exact) mass is 743 g/mol. The predicted molar refractivity (Wildman–Crippen MR) is 242 cm³/mol. The molecule has 1 aliphatic carbocycles. The summed E-state index contributed by atoms with van der Waals surface area (Å²) in [6.07, 6.45) is 0. The van der Waals surface area contributed by atoms with E-state index in [0.717, 1.165) is 45.1 Å². The number of nitrogens with zero attached hydrogens (tertiary/aromatic N) is 3. The molecule has 0 amide bonds. The van der Waals surface area contributed by atoms with Crippen LogP contribution in [0.2, 0.25) is 0 Å². The van der Waals surface area contributed by atoms with Gasteiger partial charge in [0.25, 0.3) is 0 Å². The molecular weight excluding hydrogens is 711 g/mol. The van der Waals surface area contributed by atoms with Crippen LogP contribution in [-0.2, 0) is 5.41 Å². The fraction of sp³-hybridized carbons (Fsp3) is 0.0566. The highest BCUT2D eigenvalue weighted by atomic mass is 32.1. The summed E-state index contributed by atoms with van der Waals surface area (Å²) in [5, 5.41) is 15.0. The summed E-state index contributed by atoms with van der Waals surface area (Å²) >= 11 is 1.84. The van der Waals surface area contributed by atoms with E-state index in [-0.39, 0.29) is 5.41 Å². The summed E-state index contributed by atoms with van der Waals surface area (Å²) in [6.45, 7) is 4.59. The van der Waals surface area contributed by atoms with Crippen LogP contribution < -0.4 is 0 Å². The van der Waals surface area contributed by atoms with Gasteiger partial charge in [-0.25, -0.2) is 9.97 Å². The van der Waals surface area contributed by atoms with Gasteiger partial charge in [0, 0.05) is 52.9 Å². The van der Waals surface area contributed by atoms with Crippen molar-refractivity contribution in [2.24, 2.45) is 0 Å². The van der Waals surface area contributed by atoms with E-state index in [4.69, 9.17) is 9.97 Å². The van der Waals surface area contributed by atoms with Gasteiger partial charge in [0.15, 0.2) is 5.82 Å². The van der Waals surface area contributed by atoms with Gasteiger partial charge in [-0.1, -0.05) is 153 Å². The standard InChI is InChI=1S/C53H33N3S/c1-53(2)40-23-11-9-20-37(40)49-51(53)54-50(39-22-13-25-44-45(39)38-21-10-12-24-43(38)57-44)52(55-49)56-41-28-26-30-14-3-4-15-31(30)47(41)48-42(56)29-27-36-34-18-6-5-16-32(34)33-17-7-8-19-35(33)46(36)48/h3-29H,1-2H3. The molecule has 0 saturated heterocycles. The summed E-state index contributed by atoms with van der Waals surface area (Å²) in [5.74, 6) is 0.851. The minimum absolute atomic E-state index is 0.315. The van der Waals surface area contributed by atoms with Crippen LogP contribution in [0.1, 0.15) is 25.1 Å². The lowest BCUT2D eigenvalue weighted by atomic mass is 9.85. The molecule has 9 aromatic carbocycles. The van der Waals surface area contributed by atoms with E-state index in [2.05, 4.69) is 182 Å². The summed E-state index contributed by atoms with van der Waals surface area (Å²) in [7, 11) is 0. The summed E-state index contributed by atoms with van der Waals surface area (Å²) in [4.78, 5) is 11.7. The number of hydrogen-bond acceptors (Lipinski definition) is 3. The third-order valence-electron chi connectivity index (χ3n) is 12.7. The zero-order valence-corrected chi connectivity index (χ0v) is 32.2. The largest absolute Gasteiger partial charge is 0.292 e. The Morgan fingerprint density at radius 2 is 1.02 bits per heavy atom. The summed E-state index contributed by atoms with van der Waals surface area (Å²) in [5.41, 5.74) is 8.34. The normalized spacial score (nSPS) is 13.6. The molecule has 4 heteroatoms. The molecule has 0 bridgehead atoms. The van der Waals surface area contributed by atoms with E-state index in [1.165, 1.54) is 79.6 Å². The second-order valence-corrected chi connectivity index (χ2v) is 17.1. The third kappa shape index (κ3) is 4.05. The van der Waals surface area contributed by atoms with Gasteiger partial charge >= 0.3 is 0 Å². The highest BCUT2D eigenvalue weighted by Crippen LogP contribution is 2.51. The zero-order chi connectivity index (χ0) is 37.6. The lowest BCUT2D eigenvalue weighted by Gasteiger charge is -2.22. The van der Waals surface area contributed by atoms with Crippen molar-refractivity contribution in [3.8, 4) is 28.3 Å². The van der Waals surface area contributed by atoms with Crippen molar-refractivity contribution in [1.29, 1.82) is 0 Å². The quantitative estimate of drug-likeness (QED) is 0.165. The molecule has 0 saturated carbocycles. The first-order valence-electron chi connectivity index (χ1n) is 19.7. The van der Waals surface area contributed by atoms with Gasteiger partial charge < -0.3 is 0 Å². The van der Waals surface area contributed by atoms with Crippen LogP contribution in [0.3, 0.4) is 0 Å². The molecular formula is C53H33N3S. The Morgan fingerprint density at radius 3 is 1.84 bits per heavy atom. The minimum atomic E-state index is -0.315. The maximum Gasteiger partial charge on any atom is 0.165 e. The number of thiophene rings is 1. The first-order valence-corrected chi connectivity index (χ1v) is 20.5. The van der Waals surface area contributed by atoms with Gasteiger partial charge in [-0.05, 0) is 67.5 Å². The fourth-order valence-electron chi connectivity index (χ4n) is 10.2. The van der Waals surface area contributed by atoms with E-state index in [0.29, 0.717) is 0 Å². The van der Waals surface area contributed by atoms with E-state index in [1.807, 2.05) is 11.3 Å². The van der Waals surface area contributed by atoms with Gasteiger partial charge in [0.2, 0.25) is 0 Å². The SMILES string of the molecule is CC1(C)c2ccccc2-c2nc(-n3c4ccc5ccccc5c4c4c5c6ccccc6c6ccccc6c5ccc43)c(-c3cccc4sc5ccccc5c34)nc21. The second-order valence-electron chi connectivity index (χ2n) is 16.0. The highest BCUT2D eigenvalue weighted by molar-refractivity contribution is 7.25. The van der Waals surface area contributed by atoms with Gasteiger partial charge in [0.1, 0.15) is 5.69 Å². The molecule has 57 heavy (non-hydrogen) atoms. The summed E-state index contributed by atoms with van der Waals surface area (Å²) < 4.78 is 4.96. The van der Waals surface area contributed by atoms with Gasteiger partial charge in [-0.15, -0.1) is 11.3 Å². The second kappa shape index (κ2) is 11.1. The van der Waals surface area contributed by atoms with Crippen molar-refractivity contribution in [2.75, 3.05) is 0 Å². The Bertz CT molecular complexity index is 3700. The van der Waals surface area contributed by atoms with E-state index in [1.54, 1.807) is 0 Å². The third-order valence-corrected chi connectivity index (χ3v) is 13.9. The van der Waals surface area contributed by atoms with E-state index >= 15 is 0 Å². The van der Waals surface area contributed by atoms with E-state index in [9.17, 15) is 0 Å². The number of hydrogen-bond donors (Lipinski definition) is 0. The Morgan fingerprint density at radius 1 is 0.421 bits per heavy atom. The van der Waals surface area contributed by atoms with Crippen molar-refractivity contribution in [1.82, 2.24) is 14.5 Å². The van der Waals surface area contributed by atoms with Gasteiger partial charge in [-0.3, -0.25) is 4.57 Å². The van der Waals surface area contributed by atoms with Crippen LogP contribution in [-0.4, -0.2) is 14.5 Å². The first-order chi connectivity index (χ1) is 28.1. The molecule has 1 aliphatic rings. The summed E-state index contributed by atoms with van der Waals surface area (Å²) in [6, 6.07) is 60.1. The molecule has 13 rings (SSSR count). The molecule has 3 nitrogen and oxygen atoms in total.